The Balaban J connectivity index is 1.92. The molecule has 2 rings (SSSR count). The second-order valence-electron chi connectivity index (χ2n) is 6.09. The van der Waals surface area contributed by atoms with E-state index in [1.807, 2.05) is 13.8 Å². The van der Waals surface area contributed by atoms with Crippen LogP contribution in [0, 0.1) is 19.8 Å². The van der Waals surface area contributed by atoms with Gasteiger partial charge in [-0.25, -0.2) is 0 Å². The maximum absolute atomic E-state index is 9.82. The van der Waals surface area contributed by atoms with E-state index in [9.17, 15) is 5.11 Å². The molecule has 0 aromatic heterocycles. The zero-order valence-corrected chi connectivity index (χ0v) is 12.6. The molecule has 1 saturated heterocycles. The first kappa shape index (κ1) is 14.4. The fraction of sp³-hybridized carbons (Fsp3) is 0.647. The standard InChI is InChI=1S/C17H27NO/c1-4-5-15-6-8-18(9-7-15)12-16-10-13(2)17(19)14(3)11-16/h10-11,15,19H,4-9,12H2,1-3H3. The lowest BCUT2D eigenvalue weighted by atomic mass is 9.92. The lowest BCUT2D eigenvalue weighted by Crippen LogP contribution is -2.33. The zero-order chi connectivity index (χ0) is 13.8. The molecular formula is C17H27NO. The Morgan fingerprint density at radius 3 is 2.26 bits per heavy atom. The van der Waals surface area contributed by atoms with Crippen LogP contribution in [0.2, 0.25) is 0 Å². The van der Waals surface area contributed by atoms with Crippen molar-refractivity contribution in [3.05, 3.63) is 28.8 Å². The summed E-state index contributed by atoms with van der Waals surface area (Å²) in [7, 11) is 0. The van der Waals surface area contributed by atoms with E-state index in [0.29, 0.717) is 5.75 Å². The number of aryl methyl sites for hydroxylation is 2. The summed E-state index contributed by atoms with van der Waals surface area (Å²) in [5.41, 5.74) is 3.33. The fourth-order valence-corrected chi connectivity index (χ4v) is 3.24. The molecule has 2 heteroatoms. The first-order valence-corrected chi connectivity index (χ1v) is 7.61. The van der Waals surface area contributed by atoms with Gasteiger partial charge in [0.25, 0.3) is 0 Å². The third-order valence-corrected chi connectivity index (χ3v) is 4.36. The third kappa shape index (κ3) is 3.73. The molecule has 19 heavy (non-hydrogen) atoms. The number of piperidine rings is 1. The summed E-state index contributed by atoms with van der Waals surface area (Å²) in [5.74, 6) is 1.40. The van der Waals surface area contributed by atoms with Gasteiger partial charge in [-0.2, -0.15) is 0 Å². The Morgan fingerprint density at radius 1 is 1.16 bits per heavy atom. The minimum atomic E-state index is 0.449. The summed E-state index contributed by atoms with van der Waals surface area (Å²) in [6, 6.07) is 4.25. The maximum Gasteiger partial charge on any atom is 0.121 e. The van der Waals surface area contributed by atoms with Gasteiger partial charge in [0.05, 0.1) is 0 Å². The predicted molar refractivity (Wildman–Crippen MR) is 80.5 cm³/mol. The molecule has 1 aliphatic rings. The molecule has 1 heterocycles. The van der Waals surface area contributed by atoms with Gasteiger partial charge in [0.2, 0.25) is 0 Å². The van der Waals surface area contributed by atoms with Crippen molar-refractivity contribution in [2.75, 3.05) is 13.1 Å². The fourth-order valence-electron chi connectivity index (χ4n) is 3.24. The second kappa shape index (κ2) is 6.42. The van der Waals surface area contributed by atoms with Gasteiger partial charge in [0.1, 0.15) is 5.75 Å². The Kier molecular flexibility index (Phi) is 4.87. The molecule has 106 valence electrons. The van der Waals surface area contributed by atoms with Crippen molar-refractivity contribution in [2.45, 2.75) is 53.0 Å². The van der Waals surface area contributed by atoms with Crippen LogP contribution in [0.4, 0.5) is 0 Å². The van der Waals surface area contributed by atoms with Crippen LogP contribution >= 0.6 is 0 Å². The molecule has 2 nitrogen and oxygen atoms in total. The van der Waals surface area contributed by atoms with Gasteiger partial charge in [-0.15, -0.1) is 0 Å². The predicted octanol–water partition coefficient (Wildman–Crippen LogP) is 4.02. The smallest absolute Gasteiger partial charge is 0.121 e. The highest BCUT2D eigenvalue weighted by atomic mass is 16.3. The molecule has 0 aliphatic carbocycles. The molecule has 0 unspecified atom stereocenters. The molecule has 1 fully saturated rings. The van der Waals surface area contributed by atoms with Crippen LogP contribution in [0.3, 0.4) is 0 Å². The van der Waals surface area contributed by atoms with Gasteiger partial charge < -0.3 is 5.11 Å². The Morgan fingerprint density at radius 2 is 1.74 bits per heavy atom. The number of hydrogen-bond acceptors (Lipinski definition) is 2. The quantitative estimate of drug-likeness (QED) is 0.885. The molecule has 0 atom stereocenters. The Hall–Kier alpha value is -1.02. The number of nitrogens with zero attached hydrogens (tertiary/aromatic N) is 1. The Bertz CT molecular complexity index is 396. The topological polar surface area (TPSA) is 23.5 Å². The number of likely N-dealkylation sites (tertiary alicyclic amines) is 1. The van der Waals surface area contributed by atoms with Gasteiger partial charge in [-0.1, -0.05) is 31.9 Å². The van der Waals surface area contributed by atoms with Crippen LogP contribution < -0.4 is 0 Å². The van der Waals surface area contributed by atoms with E-state index in [4.69, 9.17) is 0 Å². The molecule has 1 aromatic rings. The molecule has 1 aromatic carbocycles. The van der Waals surface area contributed by atoms with Crippen LogP contribution in [0.15, 0.2) is 12.1 Å². The summed E-state index contributed by atoms with van der Waals surface area (Å²) in [5, 5.41) is 9.82. The first-order valence-electron chi connectivity index (χ1n) is 7.61. The highest BCUT2D eigenvalue weighted by molar-refractivity contribution is 5.42. The molecule has 1 aliphatic heterocycles. The van der Waals surface area contributed by atoms with Crippen LogP contribution in [-0.2, 0) is 6.54 Å². The number of aromatic hydroxyl groups is 1. The van der Waals surface area contributed by atoms with Crippen LogP contribution in [0.5, 0.6) is 5.75 Å². The van der Waals surface area contributed by atoms with Gasteiger partial charge in [-0.05, 0) is 62.4 Å². The molecule has 1 N–H and O–H groups in total. The average molecular weight is 261 g/mol. The molecule has 0 amide bonds. The number of benzene rings is 1. The number of hydrogen-bond donors (Lipinski definition) is 1. The van der Waals surface area contributed by atoms with Gasteiger partial charge in [0.15, 0.2) is 0 Å². The largest absolute Gasteiger partial charge is 0.507 e. The van der Waals surface area contributed by atoms with E-state index in [1.165, 1.54) is 44.3 Å². The summed E-state index contributed by atoms with van der Waals surface area (Å²) in [4.78, 5) is 2.55. The third-order valence-electron chi connectivity index (χ3n) is 4.36. The van der Waals surface area contributed by atoms with Crippen molar-refractivity contribution in [2.24, 2.45) is 5.92 Å². The lowest BCUT2D eigenvalue weighted by Gasteiger charge is -2.32. The van der Waals surface area contributed by atoms with E-state index in [1.54, 1.807) is 0 Å². The van der Waals surface area contributed by atoms with Crippen LogP contribution in [0.1, 0.15) is 49.3 Å². The molecule has 0 bridgehead atoms. The summed E-state index contributed by atoms with van der Waals surface area (Å²) < 4.78 is 0. The average Bonchev–Trinajstić information content (AvgIpc) is 2.38. The molecule has 0 saturated carbocycles. The maximum atomic E-state index is 9.82. The zero-order valence-electron chi connectivity index (χ0n) is 12.6. The monoisotopic (exact) mass is 261 g/mol. The van der Waals surface area contributed by atoms with Crippen molar-refractivity contribution < 1.29 is 5.11 Å². The number of phenols is 1. The summed E-state index contributed by atoms with van der Waals surface area (Å²) >= 11 is 0. The van der Waals surface area contributed by atoms with E-state index >= 15 is 0 Å². The minimum Gasteiger partial charge on any atom is -0.507 e. The van der Waals surface area contributed by atoms with E-state index in [0.717, 1.165) is 23.6 Å². The van der Waals surface area contributed by atoms with Crippen LogP contribution in [-0.4, -0.2) is 23.1 Å². The van der Waals surface area contributed by atoms with Gasteiger partial charge >= 0.3 is 0 Å². The van der Waals surface area contributed by atoms with Crippen molar-refractivity contribution >= 4 is 0 Å². The van der Waals surface area contributed by atoms with Crippen molar-refractivity contribution in [3.8, 4) is 5.75 Å². The van der Waals surface area contributed by atoms with E-state index in [2.05, 4.69) is 24.0 Å². The van der Waals surface area contributed by atoms with Crippen molar-refractivity contribution in [1.29, 1.82) is 0 Å². The van der Waals surface area contributed by atoms with Gasteiger partial charge in [-0.3, -0.25) is 4.90 Å². The first-order chi connectivity index (χ1) is 9.10. The lowest BCUT2D eigenvalue weighted by molar-refractivity contribution is 0.172. The van der Waals surface area contributed by atoms with Crippen LogP contribution in [0.25, 0.3) is 0 Å². The summed E-state index contributed by atoms with van der Waals surface area (Å²) in [6.07, 6.45) is 5.42. The second-order valence-corrected chi connectivity index (χ2v) is 6.09. The molecular weight excluding hydrogens is 234 g/mol. The van der Waals surface area contributed by atoms with E-state index < -0.39 is 0 Å². The van der Waals surface area contributed by atoms with E-state index in [-0.39, 0.29) is 0 Å². The molecule has 0 spiro atoms. The highest BCUT2D eigenvalue weighted by Gasteiger charge is 2.18. The SMILES string of the molecule is CCCC1CCN(Cc2cc(C)c(O)c(C)c2)CC1. The molecule has 0 radical (unpaired) electrons. The van der Waals surface area contributed by atoms with Crippen molar-refractivity contribution in [1.82, 2.24) is 4.90 Å². The summed E-state index contributed by atoms with van der Waals surface area (Å²) in [6.45, 7) is 9.74. The highest BCUT2D eigenvalue weighted by Crippen LogP contribution is 2.26. The van der Waals surface area contributed by atoms with Crippen molar-refractivity contribution in [3.63, 3.8) is 0 Å². The minimum absolute atomic E-state index is 0.449. The number of phenolic OH excluding ortho intramolecular Hbond substituents is 1. The Labute approximate surface area is 117 Å². The number of rotatable bonds is 4. The van der Waals surface area contributed by atoms with Gasteiger partial charge in [0, 0.05) is 6.54 Å². The normalized spacial score (nSPS) is 17.8.